The molecule has 3 aromatic rings. The van der Waals surface area contributed by atoms with E-state index in [2.05, 4.69) is 15.3 Å². The summed E-state index contributed by atoms with van der Waals surface area (Å²) in [5.41, 5.74) is 2.36. The lowest BCUT2D eigenvalue weighted by Crippen LogP contribution is -2.27. The van der Waals surface area contributed by atoms with Gasteiger partial charge in [-0.25, -0.2) is 4.98 Å². The van der Waals surface area contributed by atoms with Gasteiger partial charge in [-0.15, -0.1) is 0 Å². The molecule has 2 N–H and O–H groups in total. The van der Waals surface area contributed by atoms with Gasteiger partial charge in [0.05, 0.1) is 17.1 Å². The molecule has 116 valence electrons. The van der Waals surface area contributed by atoms with Crippen LogP contribution < -0.4 is 14.8 Å². The fraction of sp³-hybridized carbons (Fsp3) is 0.176. The minimum Gasteiger partial charge on any atom is -0.454 e. The number of hydrogen-bond acceptors (Lipinski definition) is 4. The quantitative estimate of drug-likeness (QED) is 0.780. The third kappa shape index (κ3) is 2.48. The first-order chi connectivity index (χ1) is 11.2. The molecule has 23 heavy (non-hydrogen) atoms. The maximum absolute atomic E-state index is 12.4. The molecule has 2 heterocycles. The standard InChI is InChI=1S/C17H15N3O3/c1-10(16-19-12-4-2-3-5-13(12)20-16)18-17(21)11-6-7-14-15(8-11)23-9-22-14/h2-8,10H,9H2,1H3,(H,18,21)(H,19,20)/t10-/m1/s1. The number of rotatable bonds is 3. The average Bonchev–Trinajstić information content (AvgIpc) is 3.20. The van der Waals surface area contributed by atoms with Crippen LogP contribution in [0.25, 0.3) is 11.0 Å². The third-order valence-corrected chi connectivity index (χ3v) is 3.80. The zero-order valence-electron chi connectivity index (χ0n) is 12.5. The molecule has 0 fully saturated rings. The van der Waals surface area contributed by atoms with Crippen molar-refractivity contribution in [2.24, 2.45) is 0 Å². The first-order valence-corrected chi connectivity index (χ1v) is 7.36. The van der Waals surface area contributed by atoms with Gasteiger partial charge in [-0.2, -0.15) is 0 Å². The molecule has 0 radical (unpaired) electrons. The van der Waals surface area contributed by atoms with Gasteiger partial charge in [0.25, 0.3) is 5.91 Å². The van der Waals surface area contributed by atoms with Crippen molar-refractivity contribution in [3.8, 4) is 11.5 Å². The smallest absolute Gasteiger partial charge is 0.251 e. The molecule has 0 unspecified atom stereocenters. The van der Waals surface area contributed by atoms with E-state index >= 15 is 0 Å². The number of H-pyrrole nitrogens is 1. The first kappa shape index (κ1) is 13.6. The molecule has 0 aliphatic carbocycles. The number of fused-ring (bicyclic) bond motifs is 2. The van der Waals surface area contributed by atoms with Crippen molar-refractivity contribution in [3.63, 3.8) is 0 Å². The Balaban J connectivity index is 1.53. The van der Waals surface area contributed by atoms with Gasteiger partial charge in [0.15, 0.2) is 11.5 Å². The first-order valence-electron chi connectivity index (χ1n) is 7.36. The Morgan fingerprint density at radius 2 is 2.04 bits per heavy atom. The number of benzene rings is 2. The molecule has 0 bridgehead atoms. The molecule has 0 spiro atoms. The molecule has 0 saturated carbocycles. The number of carbonyl (C=O) groups excluding carboxylic acids is 1. The summed E-state index contributed by atoms with van der Waals surface area (Å²) in [5.74, 6) is 1.79. The predicted octanol–water partition coefficient (Wildman–Crippen LogP) is 2.78. The normalized spacial score (nSPS) is 14.0. The molecule has 6 nitrogen and oxygen atoms in total. The van der Waals surface area contributed by atoms with Crippen molar-refractivity contribution in [1.82, 2.24) is 15.3 Å². The number of nitrogens with one attached hydrogen (secondary N) is 2. The van der Waals surface area contributed by atoms with E-state index in [0.29, 0.717) is 17.1 Å². The van der Waals surface area contributed by atoms with Gasteiger partial charge in [-0.1, -0.05) is 12.1 Å². The van der Waals surface area contributed by atoms with E-state index in [-0.39, 0.29) is 18.7 Å². The number of ether oxygens (including phenoxy) is 2. The molecule has 1 aliphatic rings. The molecule has 1 aromatic heterocycles. The van der Waals surface area contributed by atoms with Crippen molar-refractivity contribution in [3.05, 3.63) is 53.9 Å². The predicted molar refractivity (Wildman–Crippen MR) is 84.5 cm³/mol. The van der Waals surface area contributed by atoms with Crippen LogP contribution in [-0.4, -0.2) is 22.7 Å². The maximum Gasteiger partial charge on any atom is 0.251 e. The van der Waals surface area contributed by atoms with Gasteiger partial charge in [0, 0.05) is 5.56 Å². The van der Waals surface area contributed by atoms with Crippen LogP contribution in [0.4, 0.5) is 0 Å². The van der Waals surface area contributed by atoms with Crippen LogP contribution in [-0.2, 0) is 0 Å². The van der Waals surface area contributed by atoms with E-state index in [4.69, 9.17) is 9.47 Å². The van der Waals surface area contributed by atoms with Gasteiger partial charge in [0.1, 0.15) is 5.82 Å². The highest BCUT2D eigenvalue weighted by atomic mass is 16.7. The number of amides is 1. The van der Waals surface area contributed by atoms with Crippen molar-refractivity contribution < 1.29 is 14.3 Å². The monoisotopic (exact) mass is 309 g/mol. The Morgan fingerprint density at radius 1 is 1.22 bits per heavy atom. The highest BCUT2D eigenvalue weighted by Crippen LogP contribution is 2.32. The zero-order chi connectivity index (χ0) is 15.8. The van der Waals surface area contributed by atoms with Crippen LogP contribution in [0.3, 0.4) is 0 Å². The van der Waals surface area contributed by atoms with E-state index in [9.17, 15) is 4.79 Å². The summed E-state index contributed by atoms with van der Waals surface area (Å²) < 4.78 is 10.5. The number of imidazole rings is 1. The molecular formula is C17H15N3O3. The molecule has 1 amide bonds. The Kier molecular flexibility index (Phi) is 3.15. The van der Waals surface area contributed by atoms with E-state index in [1.54, 1.807) is 18.2 Å². The lowest BCUT2D eigenvalue weighted by atomic mass is 10.1. The average molecular weight is 309 g/mol. The van der Waals surface area contributed by atoms with Crippen molar-refractivity contribution in [1.29, 1.82) is 0 Å². The fourth-order valence-corrected chi connectivity index (χ4v) is 2.56. The molecule has 1 atom stereocenters. The minimum absolute atomic E-state index is 0.184. The topological polar surface area (TPSA) is 76.2 Å². The SMILES string of the molecule is C[C@@H](NC(=O)c1ccc2c(c1)OCO2)c1nc2ccccc2[nH]1. The van der Waals surface area contributed by atoms with Gasteiger partial charge >= 0.3 is 0 Å². The Bertz CT molecular complexity index is 855. The second-order valence-electron chi connectivity index (χ2n) is 5.40. The largest absolute Gasteiger partial charge is 0.454 e. The van der Waals surface area contributed by atoms with Gasteiger partial charge < -0.3 is 19.8 Å². The highest BCUT2D eigenvalue weighted by Gasteiger charge is 2.18. The summed E-state index contributed by atoms with van der Waals surface area (Å²) in [6.07, 6.45) is 0. The molecule has 0 saturated heterocycles. The molecule has 6 heteroatoms. The highest BCUT2D eigenvalue weighted by molar-refractivity contribution is 5.95. The Hall–Kier alpha value is -3.02. The van der Waals surface area contributed by atoms with Gasteiger partial charge in [-0.05, 0) is 37.3 Å². The summed E-state index contributed by atoms with van der Waals surface area (Å²) in [7, 11) is 0. The van der Waals surface area contributed by atoms with Gasteiger partial charge in [-0.3, -0.25) is 4.79 Å². The second kappa shape index (κ2) is 5.31. The summed E-state index contributed by atoms with van der Waals surface area (Å²) in [6, 6.07) is 12.7. The number of carbonyl (C=O) groups is 1. The second-order valence-corrected chi connectivity index (χ2v) is 5.40. The minimum atomic E-state index is -0.236. The number of aromatic amines is 1. The van der Waals surface area contributed by atoms with Crippen molar-refractivity contribution in [2.45, 2.75) is 13.0 Å². The van der Waals surface area contributed by atoms with Crippen LogP contribution >= 0.6 is 0 Å². The molecule has 1 aliphatic heterocycles. The van der Waals surface area contributed by atoms with Crippen molar-refractivity contribution >= 4 is 16.9 Å². The Labute approximate surface area is 132 Å². The lowest BCUT2D eigenvalue weighted by Gasteiger charge is -2.11. The lowest BCUT2D eigenvalue weighted by molar-refractivity contribution is 0.0938. The summed E-state index contributed by atoms with van der Waals surface area (Å²) in [6.45, 7) is 2.08. The van der Waals surface area contributed by atoms with Gasteiger partial charge in [0.2, 0.25) is 6.79 Å². The molecule has 4 rings (SSSR count). The van der Waals surface area contributed by atoms with E-state index < -0.39 is 0 Å². The molecular weight excluding hydrogens is 294 g/mol. The van der Waals surface area contributed by atoms with Crippen LogP contribution in [0.15, 0.2) is 42.5 Å². The number of para-hydroxylation sites is 2. The van der Waals surface area contributed by atoms with Crippen molar-refractivity contribution in [2.75, 3.05) is 6.79 Å². The fourth-order valence-electron chi connectivity index (χ4n) is 2.56. The van der Waals surface area contributed by atoms with E-state index in [1.165, 1.54) is 0 Å². The Morgan fingerprint density at radius 3 is 2.91 bits per heavy atom. The van der Waals surface area contributed by atoms with Crippen LogP contribution in [0.2, 0.25) is 0 Å². The van der Waals surface area contributed by atoms with E-state index in [0.717, 1.165) is 16.9 Å². The molecule has 2 aromatic carbocycles. The summed E-state index contributed by atoms with van der Waals surface area (Å²) in [4.78, 5) is 20.1. The maximum atomic E-state index is 12.4. The summed E-state index contributed by atoms with van der Waals surface area (Å²) in [5, 5.41) is 2.94. The number of aromatic nitrogens is 2. The van der Waals surface area contributed by atoms with Crippen LogP contribution in [0, 0.1) is 0 Å². The van der Waals surface area contributed by atoms with E-state index in [1.807, 2.05) is 31.2 Å². The summed E-state index contributed by atoms with van der Waals surface area (Å²) >= 11 is 0. The van der Waals surface area contributed by atoms with Crippen LogP contribution in [0.1, 0.15) is 29.1 Å². The van der Waals surface area contributed by atoms with Crippen LogP contribution in [0.5, 0.6) is 11.5 Å². The number of hydrogen-bond donors (Lipinski definition) is 2. The third-order valence-electron chi connectivity index (χ3n) is 3.80. The zero-order valence-corrected chi connectivity index (χ0v) is 12.5. The number of nitrogens with zero attached hydrogens (tertiary/aromatic N) is 1.